The van der Waals surface area contributed by atoms with E-state index in [2.05, 4.69) is 10.2 Å². The second-order valence-corrected chi connectivity index (χ2v) is 1.49. The van der Waals surface area contributed by atoms with Crippen LogP contribution in [-0.4, -0.2) is 18.4 Å². The molecule has 6 nitrogen and oxygen atoms in total. The number of carbonyl (C=O) groups excluding carboxylic acids is 2. The minimum absolute atomic E-state index is 0.330. The third-order valence-corrected chi connectivity index (χ3v) is 0.799. The first kappa shape index (κ1) is 8.54. The lowest BCUT2D eigenvalue weighted by molar-refractivity contribution is -0.146. The fourth-order valence-corrected chi connectivity index (χ4v) is 0.286. The molecule has 0 bridgehead atoms. The minimum atomic E-state index is -0.887. The summed E-state index contributed by atoms with van der Waals surface area (Å²) in [6.45, 7) is 1.36. The zero-order valence-corrected chi connectivity index (χ0v) is 5.23. The van der Waals surface area contributed by atoms with Crippen LogP contribution in [0.1, 0.15) is 6.92 Å². The Labute approximate surface area is 56.5 Å². The molecule has 1 atom stereocenters. The monoisotopic (exact) mass is 146 g/mol. The highest BCUT2D eigenvalue weighted by Crippen LogP contribution is 1.85. The Morgan fingerprint density at radius 2 is 2.40 bits per heavy atom. The van der Waals surface area contributed by atoms with Crippen LogP contribution in [-0.2, 0) is 14.4 Å². The number of rotatable bonds is 4. The van der Waals surface area contributed by atoms with E-state index in [1.165, 1.54) is 6.92 Å². The molecule has 0 spiro atoms. The van der Waals surface area contributed by atoms with Crippen LogP contribution < -0.4 is 5.32 Å². The highest BCUT2D eigenvalue weighted by molar-refractivity contribution is 5.77. The van der Waals surface area contributed by atoms with Gasteiger partial charge in [-0.25, -0.2) is 4.79 Å². The number of hydrogen-bond acceptors (Lipinski definition) is 5. The topological polar surface area (TPSA) is 84.8 Å². The Morgan fingerprint density at radius 3 is 2.80 bits per heavy atom. The van der Waals surface area contributed by atoms with E-state index >= 15 is 0 Å². The molecular weight excluding hydrogens is 140 g/mol. The molecule has 0 aromatic carbocycles. The molecule has 6 heteroatoms. The molecule has 0 aliphatic rings. The van der Waals surface area contributed by atoms with Crippen molar-refractivity contribution in [3.63, 3.8) is 0 Å². The second kappa shape index (κ2) is 4.42. The van der Waals surface area contributed by atoms with Gasteiger partial charge in [0.1, 0.15) is 6.04 Å². The molecule has 10 heavy (non-hydrogen) atoms. The summed E-state index contributed by atoms with van der Waals surface area (Å²) in [6, 6.07) is -0.838. The van der Waals surface area contributed by atoms with Crippen LogP contribution in [0, 0.1) is 4.91 Å². The van der Waals surface area contributed by atoms with Gasteiger partial charge in [0.2, 0.25) is 6.41 Å². The van der Waals surface area contributed by atoms with Crippen molar-refractivity contribution >= 4 is 12.4 Å². The Bertz CT molecular complexity index is 146. The summed E-state index contributed by atoms with van der Waals surface area (Å²) in [7, 11) is 0. The van der Waals surface area contributed by atoms with E-state index in [1.807, 2.05) is 5.34 Å². The van der Waals surface area contributed by atoms with Crippen molar-refractivity contribution in [2.45, 2.75) is 13.0 Å². The van der Waals surface area contributed by atoms with E-state index in [1.54, 1.807) is 0 Å². The van der Waals surface area contributed by atoms with E-state index < -0.39 is 12.0 Å². The lowest BCUT2D eigenvalue weighted by Gasteiger charge is -2.02. The number of hydrogen-bond donors (Lipinski definition) is 1. The van der Waals surface area contributed by atoms with Crippen molar-refractivity contribution in [1.29, 1.82) is 0 Å². The molecule has 0 aromatic rings. The molecule has 0 heterocycles. The lowest BCUT2D eigenvalue weighted by atomic mass is 10.4. The maximum Gasteiger partial charge on any atom is 0.360 e. The van der Waals surface area contributed by atoms with Crippen LogP contribution in [0.2, 0.25) is 0 Å². The van der Waals surface area contributed by atoms with Crippen molar-refractivity contribution in [2.75, 3.05) is 0 Å². The van der Waals surface area contributed by atoms with Gasteiger partial charge in [-0.15, -0.1) is 4.91 Å². The third kappa shape index (κ3) is 2.75. The van der Waals surface area contributed by atoms with Gasteiger partial charge in [0.25, 0.3) is 0 Å². The van der Waals surface area contributed by atoms with Crippen LogP contribution in [0.15, 0.2) is 5.34 Å². The van der Waals surface area contributed by atoms with E-state index in [9.17, 15) is 14.5 Å². The average molecular weight is 146 g/mol. The molecule has 0 unspecified atom stereocenters. The first-order valence-corrected chi connectivity index (χ1v) is 2.45. The van der Waals surface area contributed by atoms with Gasteiger partial charge in [0.15, 0.2) is 5.34 Å². The van der Waals surface area contributed by atoms with Crippen LogP contribution in [0.5, 0.6) is 0 Å². The van der Waals surface area contributed by atoms with E-state index in [4.69, 9.17) is 0 Å². The van der Waals surface area contributed by atoms with Crippen LogP contribution in [0.3, 0.4) is 0 Å². The van der Waals surface area contributed by atoms with Crippen LogP contribution >= 0.6 is 0 Å². The summed E-state index contributed by atoms with van der Waals surface area (Å²) in [5.41, 5.74) is 0. The number of amides is 1. The second-order valence-electron chi connectivity index (χ2n) is 1.49. The van der Waals surface area contributed by atoms with Gasteiger partial charge in [-0.1, -0.05) is 0 Å². The highest BCUT2D eigenvalue weighted by Gasteiger charge is 2.12. The van der Waals surface area contributed by atoms with E-state index in [-0.39, 0.29) is 0 Å². The predicted molar refractivity (Wildman–Crippen MR) is 30.5 cm³/mol. The van der Waals surface area contributed by atoms with Gasteiger partial charge in [-0.2, -0.15) is 0 Å². The molecule has 1 amide bonds. The molecule has 56 valence electrons. The lowest BCUT2D eigenvalue weighted by Crippen LogP contribution is -2.33. The molecule has 0 rings (SSSR count). The summed E-state index contributed by atoms with van der Waals surface area (Å²) >= 11 is 0. The van der Waals surface area contributed by atoms with Gasteiger partial charge in [0.05, 0.1) is 0 Å². The molecule has 0 saturated heterocycles. The molecule has 0 radical (unpaired) electrons. The summed E-state index contributed by atoms with van der Waals surface area (Å²) in [4.78, 5) is 33.1. The normalized spacial score (nSPS) is 11.3. The summed E-state index contributed by atoms with van der Waals surface area (Å²) in [5.74, 6) is -0.887. The van der Waals surface area contributed by atoms with Gasteiger partial charge < -0.3 is 5.32 Å². The predicted octanol–water partition coefficient (Wildman–Crippen LogP) is -0.655. The standard InChI is InChI=1S/C4H6N2O4/c1-3(5-2-7)4(8)10-6-9/h2-3H,1H3,(H,5,7)/t3-/m0/s1. The zero-order chi connectivity index (χ0) is 7.98. The quantitative estimate of drug-likeness (QED) is 0.324. The largest absolute Gasteiger partial charge is 0.360 e. The van der Waals surface area contributed by atoms with Crippen LogP contribution in [0.4, 0.5) is 0 Å². The average Bonchev–Trinajstić information content (AvgIpc) is 1.89. The molecular formula is C4H6N2O4. The van der Waals surface area contributed by atoms with Crippen molar-refractivity contribution < 1.29 is 14.4 Å². The van der Waals surface area contributed by atoms with Crippen molar-refractivity contribution in [3.8, 4) is 0 Å². The SMILES string of the molecule is C[C@H](NC=O)C(=O)ON=O. The zero-order valence-electron chi connectivity index (χ0n) is 5.23. The first-order chi connectivity index (χ1) is 4.72. The molecule has 0 saturated carbocycles. The van der Waals surface area contributed by atoms with Crippen molar-refractivity contribution in [1.82, 2.24) is 5.32 Å². The third-order valence-electron chi connectivity index (χ3n) is 0.799. The number of nitrogens with zero attached hydrogens (tertiary/aromatic N) is 1. The van der Waals surface area contributed by atoms with Gasteiger partial charge in [-0.3, -0.25) is 9.63 Å². The first-order valence-electron chi connectivity index (χ1n) is 2.45. The van der Waals surface area contributed by atoms with Crippen LogP contribution in [0.25, 0.3) is 0 Å². The molecule has 1 N–H and O–H groups in total. The van der Waals surface area contributed by atoms with E-state index in [0.29, 0.717) is 6.41 Å². The van der Waals surface area contributed by atoms with E-state index in [0.717, 1.165) is 0 Å². The molecule has 0 aliphatic heterocycles. The Morgan fingerprint density at radius 1 is 1.80 bits per heavy atom. The van der Waals surface area contributed by atoms with Gasteiger partial charge in [-0.05, 0) is 6.92 Å². The summed E-state index contributed by atoms with van der Waals surface area (Å²) < 4.78 is 0. The number of carbonyl (C=O) groups is 2. The van der Waals surface area contributed by atoms with Crippen molar-refractivity contribution in [3.05, 3.63) is 4.91 Å². The minimum Gasteiger partial charge on any atom is -0.346 e. The Hall–Kier alpha value is -1.46. The molecule has 0 fully saturated rings. The smallest absolute Gasteiger partial charge is 0.346 e. The summed E-state index contributed by atoms with van der Waals surface area (Å²) in [6.07, 6.45) is 0.330. The number of nitrogens with one attached hydrogen (secondary N) is 1. The maximum atomic E-state index is 10.4. The Balaban J connectivity index is 3.68. The van der Waals surface area contributed by atoms with Gasteiger partial charge in [0, 0.05) is 0 Å². The van der Waals surface area contributed by atoms with Crippen molar-refractivity contribution in [2.24, 2.45) is 5.34 Å². The Kier molecular flexibility index (Phi) is 3.78. The summed E-state index contributed by atoms with van der Waals surface area (Å²) in [5, 5.41) is 3.96. The molecule has 0 aliphatic carbocycles. The fourth-order valence-electron chi connectivity index (χ4n) is 0.286. The maximum absolute atomic E-state index is 10.4. The highest BCUT2D eigenvalue weighted by atomic mass is 16.7. The fraction of sp³-hybridized carbons (Fsp3) is 0.500. The molecule has 0 aromatic heterocycles. The van der Waals surface area contributed by atoms with Gasteiger partial charge >= 0.3 is 5.97 Å².